The van der Waals surface area contributed by atoms with Gasteiger partial charge in [0.25, 0.3) is 0 Å². The van der Waals surface area contributed by atoms with Crippen molar-refractivity contribution in [2.75, 3.05) is 40.1 Å². The van der Waals surface area contributed by atoms with Crippen molar-refractivity contribution in [3.63, 3.8) is 0 Å². The molecule has 1 saturated heterocycles. The second-order valence-corrected chi connectivity index (χ2v) is 5.96. The summed E-state index contributed by atoms with van der Waals surface area (Å²) < 4.78 is 21.7. The number of hydrogen-bond acceptors (Lipinski definition) is 4. The van der Waals surface area contributed by atoms with Gasteiger partial charge in [-0.05, 0) is 44.4 Å². The van der Waals surface area contributed by atoms with Crippen molar-refractivity contribution in [2.45, 2.75) is 44.8 Å². The Bertz CT molecular complexity index is 234. The SMILES string of the molecule is COC(C)COCC1CCC(COCC2CO2)CC1. The topological polar surface area (TPSA) is 40.2 Å². The molecule has 4 heteroatoms. The van der Waals surface area contributed by atoms with Gasteiger partial charge in [0, 0.05) is 20.3 Å². The molecule has 1 aliphatic heterocycles. The van der Waals surface area contributed by atoms with Crippen LogP contribution in [0.15, 0.2) is 0 Å². The fourth-order valence-electron chi connectivity index (χ4n) is 2.56. The first-order valence-electron chi connectivity index (χ1n) is 7.57. The Kier molecular flexibility index (Phi) is 6.57. The van der Waals surface area contributed by atoms with Crippen LogP contribution in [0.5, 0.6) is 0 Å². The van der Waals surface area contributed by atoms with Crippen LogP contribution in [0.25, 0.3) is 0 Å². The third-order valence-corrected chi connectivity index (χ3v) is 4.13. The normalized spacial score (nSPS) is 32.2. The van der Waals surface area contributed by atoms with Crippen molar-refractivity contribution in [2.24, 2.45) is 11.8 Å². The summed E-state index contributed by atoms with van der Waals surface area (Å²) in [5.74, 6) is 1.47. The van der Waals surface area contributed by atoms with Crippen molar-refractivity contribution >= 4 is 0 Å². The quantitative estimate of drug-likeness (QED) is 0.604. The fourth-order valence-corrected chi connectivity index (χ4v) is 2.56. The van der Waals surface area contributed by atoms with E-state index in [9.17, 15) is 0 Å². The number of methoxy groups -OCH3 is 1. The summed E-state index contributed by atoms with van der Waals surface area (Å²) in [5, 5.41) is 0. The Morgan fingerprint density at radius 1 is 1.00 bits per heavy atom. The largest absolute Gasteiger partial charge is 0.379 e. The first-order chi connectivity index (χ1) is 9.28. The minimum absolute atomic E-state index is 0.203. The van der Waals surface area contributed by atoms with E-state index in [1.54, 1.807) is 7.11 Å². The predicted octanol–water partition coefficient (Wildman–Crippen LogP) is 2.26. The van der Waals surface area contributed by atoms with Crippen LogP contribution in [0, 0.1) is 11.8 Å². The highest BCUT2D eigenvalue weighted by Gasteiger charge is 2.25. The molecule has 1 saturated carbocycles. The Balaban J connectivity index is 1.47. The van der Waals surface area contributed by atoms with Crippen molar-refractivity contribution in [1.82, 2.24) is 0 Å². The van der Waals surface area contributed by atoms with Gasteiger partial charge in [0.1, 0.15) is 6.10 Å². The highest BCUT2D eigenvalue weighted by molar-refractivity contribution is 4.73. The molecule has 0 N–H and O–H groups in total. The lowest BCUT2D eigenvalue weighted by molar-refractivity contribution is -0.00395. The van der Waals surface area contributed by atoms with Gasteiger partial charge >= 0.3 is 0 Å². The number of ether oxygens (including phenoxy) is 4. The van der Waals surface area contributed by atoms with Gasteiger partial charge in [-0.1, -0.05) is 0 Å². The molecule has 0 radical (unpaired) electrons. The van der Waals surface area contributed by atoms with Crippen LogP contribution in [-0.2, 0) is 18.9 Å². The van der Waals surface area contributed by atoms with E-state index in [1.165, 1.54) is 25.7 Å². The van der Waals surface area contributed by atoms with Crippen molar-refractivity contribution in [3.8, 4) is 0 Å². The van der Waals surface area contributed by atoms with E-state index in [0.29, 0.717) is 12.7 Å². The molecular weight excluding hydrogens is 244 g/mol. The van der Waals surface area contributed by atoms with Crippen LogP contribution in [-0.4, -0.2) is 52.4 Å². The molecule has 0 aromatic carbocycles. The van der Waals surface area contributed by atoms with Crippen LogP contribution in [0.1, 0.15) is 32.6 Å². The zero-order valence-electron chi connectivity index (χ0n) is 12.3. The molecule has 2 aliphatic rings. The third kappa shape index (κ3) is 6.21. The first kappa shape index (κ1) is 15.2. The van der Waals surface area contributed by atoms with E-state index >= 15 is 0 Å². The van der Waals surface area contributed by atoms with E-state index in [0.717, 1.165) is 38.3 Å². The summed E-state index contributed by atoms with van der Waals surface area (Å²) in [6.45, 7) is 6.23. The monoisotopic (exact) mass is 272 g/mol. The molecule has 0 aromatic rings. The summed E-state index contributed by atoms with van der Waals surface area (Å²) in [6, 6.07) is 0. The lowest BCUT2D eigenvalue weighted by Crippen LogP contribution is -2.24. The number of hydrogen-bond donors (Lipinski definition) is 0. The molecule has 2 rings (SSSR count). The molecule has 0 aromatic heterocycles. The Morgan fingerprint density at radius 2 is 1.58 bits per heavy atom. The zero-order valence-corrected chi connectivity index (χ0v) is 12.3. The van der Waals surface area contributed by atoms with E-state index in [2.05, 4.69) is 0 Å². The molecule has 19 heavy (non-hydrogen) atoms. The van der Waals surface area contributed by atoms with Crippen LogP contribution in [0.3, 0.4) is 0 Å². The van der Waals surface area contributed by atoms with E-state index < -0.39 is 0 Å². The summed E-state index contributed by atoms with van der Waals surface area (Å²) in [5.41, 5.74) is 0. The minimum Gasteiger partial charge on any atom is -0.379 e. The summed E-state index contributed by atoms with van der Waals surface area (Å²) in [7, 11) is 1.73. The van der Waals surface area contributed by atoms with Gasteiger partial charge in [-0.3, -0.25) is 0 Å². The fraction of sp³-hybridized carbons (Fsp3) is 1.00. The van der Waals surface area contributed by atoms with E-state index in [1.807, 2.05) is 6.92 Å². The lowest BCUT2D eigenvalue weighted by Gasteiger charge is -2.28. The van der Waals surface area contributed by atoms with Crippen molar-refractivity contribution in [3.05, 3.63) is 0 Å². The van der Waals surface area contributed by atoms with Crippen LogP contribution in [0.2, 0.25) is 0 Å². The Morgan fingerprint density at radius 3 is 2.11 bits per heavy atom. The molecule has 0 amide bonds. The standard InChI is InChI=1S/C15H28O4/c1-12(16-2)7-17-8-13-3-5-14(6-4-13)9-18-10-15-11-19-15/h12-15H,3-11H2,1-2H3. The summed E-state index contributed by atoms with van der Waals surface area (Å²) in [6.07, 6.45) is 5.70. The third-order valence-electron chi connectivity index (χ3n) is 4.13. The highest BCUT2D eigenvalue weighted by atomic mass is 16.6. The summed E-state index contributed by atoms with van der Waals surface area (Å²) >= 11 is 0. The van der Waals surface area contributed by atoms with Gasteiger partial charge in [-0.25, -0.2) is 0 Å². The van der Waals surface area contributed by atoms with Gasteiger partial charge in [0.2, 0.25) is 0 Å². The summed E-state index contributed by atoms with van der Waals surface area (Å²) in [4.78, 5) is 0. The van der Waals surface area contributed by atoms with Gasteiger partial charge in [-0.15, -0.1) is 0 Å². The average Bonchev–Trinajstić information content (AvgIpc) is 3.24. The lowest BCUT2D eigenvalue weighted by atomic mass is 9.83. The first-order valence-corrected chi connectivity index (χ1v) is 7.57. The van der Waals surface area contributed by atoms with Gasteiger partial charge < -0.3 is 18.9 Å². The van der Waals surface area contributed by atoms with Crippen LogP contribution >= 0.6 is 0 Å². The van der Waals surface area contributed by atoms with E-state index in [-0.39, 0.29) is 6.10 Å². The Labute approximate surface area is 116 Å². The van der Waals surface area contributed by atoms with Gasteiger partial charge in [0.05, 0.1) is 25.9 Å². The molecular formula is C15H28O4. The molecule has 4 nitrogen and oxygen atoms in total. The van der Waals surface area contributed by atoms with Crippen molar-refractivity contribution in [1.29, 1.82) is 0 Å². The molecule has 112 valence electrons. The molecule has 0 bridgehead atoms. The van der Waals surface area contributed by atoms with Crippen molar-refractivity contribution < 1.29 is 18.9 Å². The highest BCUT2D eigenvalue weighted by Crippen LogP contribution is 2.29. The zero-order chi connectivity index (χ0) is 13.5. The Hall–Kier alpha value is -0.160. The average molecular weight is 272 g/mol. The minimum atomic E-state index is 0.203. The van der Waals surface area contributed by atoms with Gasteiger partial charge in [-0.2, -0.15) is 0 Å². The molecule has 1 aliphatic carbocycles. The van der Waals surface area contributed by atoms with E-state index in [4.69, 9.17) is 18.9 Å². The number of rotatable bonds is 9. The second kappa shape index (κ2) is 8.20. The predicted molar refractivity (Wildman–Crippen MR) is 73.3 cm³/mol. The van der Waals surface area contributed by atoms with Crippen LogP contribution < -0.4 is 0 Å². The molecule has 2 fully saturated rings. The maximum atomic E-state index is 5.71. The molecule has 0 spiro atoms. The maximum Gasteiger partial charge on any atom is 0.104 e. The smallest absolute Gasteiger partial charge is 0.104 e. The second-order valence-electron chi connectivity index (χ2n) is 5.96. The molecule has 2 unspecified atom stereocenters. The number of epoxide rings is 1. The molecule has 1 heterocycles. The van der Waals surface area contributed by atoms with Gasteiger partial charge in [0.15, 0.2) is 0 Å². The maximum absolute atomic E-state index is 5.71. The van der Waals surface area contributed by atoms with Crippen LogP contribution in [0.4, 0.5) is 0 Å². The molecule has 2 atom stereocenters.